The predicted molar refractivity (Wildman–Crippen MR) is 93.8 cm³/mol. The molecule has 3 aromatic rings. The maximum absolute atomic E-state index is 4.79. The quantitative estimate of drug-likeness (QED) is 0.791. The monoisotopic (exact) mass is 340 g/mol. The highest BCUT2D eigenvalue weighted by Crippen LogP contribution is 2.28. The molecule has 7 heteroatoms. The second kappa shape index (κ2) is 6.41. The maximum atomic E-state index is 4.79. The van der Waals surface area contributed by atoms with Gasteiger partial charge in [-0.3, -0.25) is 9.88 Å². The van der Waals surface area contributed by atoms with Gasteiger partial charge in [-0.25, -0.2) is 15.0 Å². The topological polar surface area (TPSA) is 70.6 Å². The SMILES string of the molecule is Cc1cc(-c2ncc(C)[nH]2)nc([C@H]2CCN(Cc3cncs3)C2)n1. The van der Waals surface area contributed by atoms with Crippen molar-refractivity contribution >= 4 is 11.3 Å². The molecule has 1 fully saturated rings. The van der Waals surface area contributed by atoms with Gasteiger partial charge in [-0.05, 0) is 32.9 Å². The van der Waals surface area contributed by atoms with Crippen molar-refractivity contribution in [3.63, 3.8) is 0 Å². The number of aryl methyl sites for hydroxylation is 2. The summed E-state index contributed by atoms with van der Waals surface area (Å²) in [4.78, 5) is 25.1. The summed E-state index contributed by atoms with van der Waals surface area (Å²) < 4.78 is 0. The van der Waals surface area contributed by atoms with Crippen LogP contribution in [0.5, 0.6) is 0 Å². The van der Waals surface area contributed by atoms with Crippen LogP contribution in [0, 0.1) is 13.8 Å². The molecule has 1 saturated heterocycles. The zero-order valence-corrected chi connectivity index (χ0v) is 14.7. The van der Waals surface area contributed by atoms with Crippen LogP contribution in [0.4, 0.5) is 0 Å². The van der Waals surface area contributed by atoms with E-state index < -0.39 is 0 Å². The van der Waals surface area contributed by atoms with Crippen LogP contribution < -0.4 is 0 Å². The van der Waals surface area contributed by atoms with E-state index in [1.54, 1.807) is 11.3 Å². The summed E-state index contributed by atoms with van der Waals surface area (Å²) in [6, 6.07) is 1.99. The van der Waals surface area contributed by atoms with Crippen LogP contribution in [-0.4, -0.2) is 42.9 Å². The zero-order chi connectivity index (χ0) is 16.5. The first-order chi connectivity index (χ1) is 11.7. The molecule has 1 atom stereocenters. The molecule has 6 nitrogen and oxygen atoms in total. The van der Waals surface area contributed by atoms with Gasteiger partial charge in [0.15, 0.2) is 5.82 Å². The van der Waals surface area contributed by atoms with Crippen LogP contribution in [0.25, 0.3) is 11.5 Å². The molecule has 0 spiro atoms. The number of rotatable bonds is 4. The van der Waals surface area contributed by atoms with E-state index in [-0.39, 0.29) is 0 Å². The molecule has 3 aromatic heterocycles. The largest absolute Gasteiger partial charge is 0.341 e. The Morgan fingerprint density at radius 3 is 2.96 bits per heavy atom. The molecular weight excluding hydrogens is 320 g/mol. The molecule has 1 N–H and O–H groups in total. The molecule has 0 radical (unpaired) electrons. The van der Waals surface area contributed by atoms with Gasteiger partial charge < -0.3 is 4.98 Å². The minimum Gasteiger partial charge on any atom is -0.341 e. The minimum absolute atomic E-state index is 0.382. The molecule has 0 bridgehead atoms. The van der Waals surface area contributed by atoms with E-state index in [0.717, 1.165) is 54.8 Å². The highest BCUT2D eigenvalue weighted by molar-refractivity contribution is 7.09. The fourth-order valence-electron chi connectivity index (χ4n) is 3.17. The van der Waals surface area contributed by atoms with Crippen molar-refractivity contribution < 1.29 is 0 Å². The van der Waals surface area contributed by atoms with E-state index >= 15 is 0 Å². The first-order valence-corrected chi connectivity index (χ1v) is 9.02. The van der Waals surface area contributed by atoms with Crippen molar-refractivity contribution in [2.24, 2.45) is 0 Å². The first kappa shape index (κ1) is 15.4. The van der Waals surface area contributed by atoms with Gasteiger partial charge in [0.2, 0.25) is 0 Å². The zero-order valence-electron chi connectivity index (χ0n) is 13.9. The third-order valence-electron chi connectivity index (χ3n) is 4.32. The average Bonchev–Trinajstić information content (AvgIpc) is 3.29. The van der Waals surface area contributed by atoms with Crippen molar-refractivity contribution in [3.8, 4) is 11.5 Å². The Bertz CT molecular complexity index is 825. The third-order valence-corrected chi connectivity index (χ3v) is 5.08. The van der Waals surface area contributed by atoms with Gasteiger partial charge >= 0.3 is 0 Å². The van der Waals surface area contributed by atoms with Crippen molar-refractivity contribution in [1.82, 2.24) is 29.8 Å². The minimum atomic E-state index is 0.382. The lowest BCUT2D eigenvalue weighted by molar-refractivity contribution is 0.328. The Morgan fingerprint density at radius 1 is 1.29 bits per heavy atom. The Labute approximate surface area is 145 Å². The van der Waals surface area contributed by atoms with Crippen LogP contribution in [-0.2, 0) is 6.54 Å². The van der Waals surface area contributed by atoms with E-state index in [9.17, 15) is 0 Å². The Kier molecular flexibility index (Phi) is 4.12. The first-order valence-electron chi connectivity index (χ1n) is 8.14. The number of H-pyrrole nitrogens is 1. The summed E-state index contributed by atoms with van der Waals surface area (Å²) in [7, 11) is 0. The fraction of sp³-hybridized carbons (Fsp3) is 0.412. The molecular formula is C17H20N6S. The molecule has 4 rings (SSSR count). The van der Waals surface area contributed by atoms with Crippen molar-refractivity contribution in [2.75, 3.05) is 13.1 Å². The van der Waals surface area contributed by atoms with E-state index in [0.29, 0.717) is 5.92 Å². The highest BCUT2D eigenvalue weighted by Gasteiger charge is 2.27. The van der Waals surface area contributed by atoms with Gasteiger partial charge in [0, 0.05) is 47.7 Å². The van der Waals surface area contributed by atoms with Crippen LogP contribution in [0.3, 0.4) is 0 Å². The molecule has 4 heterocycles. The Balaban J connectivity index is 1.53. The number of thiazole rings is 1. The van der Waals surface area contributed by atoms with Gasteiger partial charge in [0.1, 0.15) is 11.5 Å². The van der Waals surface area contributed by atoms with Crippen LogP contribution in [0.2, 0.25) is 0 Å². The smallest absolute Gasteiger partial charge is 0.156 e. The van der Waals surface area contributed by atoms with Crippen molar-refractivity contribution in [2.45, 2.75) is 32.7 Å². The summed E-state index contributed by atoms with van der Waals surface area (Å²) in [6.07, 6.45) is 4.89. The van der Waals surface area contributed by atoms with E-state index in [2.05, 4.69) is 19.9 Å². The third kappa shape index (κ3) is 3.22. The summed E-state index contributed by atoms with van der Waals surface area (Å²) >= 11 is 1.71. The molecule has 1 aliphatic heterocycles. The van der Waals surface area contributed by atoms with Gasteiger partial charge in [-0.1, -0.05) is 0 Å². The Morgan fingerprint density at radius 2 is 2.21 bits per heavy atom. The summed E-state index contributed by atoms with van der Waals surface area (Å²) in [5.41, 5.74) is 4.81. The standard InChI is InChI=1S/C17H20N6S/c1-11-5-15(17-19-6-12(2)21-17)22-16(20-11)13-3-4-23(8-13)9-14-7-18-10-24-14/h5-7,10,13H,3-4,8-9H2,1-2H3,(H,19,21)/t13-/m0/s1. The number of hydrogen-bond acceptors (Lipinski definition) is 6. The van der Waals surface area contributed by atoms with Gasteiger partial charge in [0.05, 0.1) is 5.51 Å². The molecule has 0 aromatic carbocycles. The normalized spacial score (nSPS) is 18.3. The van der Waals surface area contributed by atoms with Crippen LogP contribution >= 0.6 is 11.3 Å². The molecule has 124 valence electrons. The van der Waals surface area contributed by atoms with Crippen molar-refractivity contribution in [1.29, 1.82) is 0 Å². The second-order valence-corrected chi connectivity index (χ2v) is 7.33. The molecule has 24 heavy (non-hydrogen) atoms. The molecule has 1 aliphatic rings. The summed E-state index contributed by atoms with van der Waals surface area (Å²) in [5, 5.41) is 0. The van der Waals surface area contributed by atoms with Gasteiger partial charge in [0.25, 0.3) is 0 Å². The maximum Gasteiger partial charge on any atom is 0.156 e. The molecule has 0 unspecified atom stereocenters. The number of likely N-dealkylation sites (tertiary alicyclic amines) is 1. The number of aromatic nitrogens is 5. The lowest BCUT2D eigenvalue weighted by Gasteiger charge is -2.14. The summed E-state index contributed by atoms with van der Waals surface area (Å²) in [5.74, 6) is 2.14. The average molecular weight is 340 g/mol. The number of nitrogens with zero attached hydrogens (tertiary/aromatic N) is 5. The van der Waals surface area contributed by atoms with E-state index in [1.165, 1.54) is 4.88 Å². The van der Waals surface area contributed by atoms with Gasteiger partial charge in [-0.15, -0.1) is 11.3 Å². The molecule has 0 aliphatic carbocycles. The lowest BCUT2D eigenvalue weighted by atomic mass is 10.1. The molecule has 0 saturated carbocycles. The van der Waals surface area contributed by atoms with Gasteiger partial charge in [-0.2, -0.15) is 0 Å². The number of hydrogen-bond donors (Lipinski definition) is 1. The Hall–Kier alpha value is -2.12. The summed E-state index contributed by atoms with van der Waals surface area (Å²) in [6.45, 7) is 7.07. The number of nitrogens with one attached hydrogen (secondary N) is 1. The van der Waals surface area contributed by atoms with Crippen LogP contribution in [0.15, 0.2) is 24.0 Å². The number of imidazole rings is 1. The van der Waals surface area contributed by atoms with Crippen molar-refractivity contribution in [3.05, 3.63) is 46.1 Å². The highest BCUT2D eigenvalue weighted by atomic mass is 32.1. The lowest BCUT2D eigenvalue weighted by Crippen LogP contribution is -2.19. The van der Waals surface area contributed by atoms with E-state index in [1.807, 2.05) is 37.8 Å². The van der Waals surface area contributed by atoms with E-state index in [4.69, 9.17) is 9.97 Å². The molecule has 0 amide bonds. The number of aromatic amines is 1. The van der Waals surface area contributed by atoms with Crippen LogP contribution in [0.1, 0.15) is 34.4 Å². The fourth-order valence-corrected chi connectivity index (χ4v) is 3.80. The predicted octanol–water partition coefficient (Wildman–Crippen LogP) is 2.93. The second-order valence-electron chi connectivity index (χ2n) is 6.36.